The summed E-state index contributed by atoms with van der Waals surface area (Å²) < 4.78 is 1.85. The van der Waals surface area contributed by atoms with Crippen molar-refractivity contribution in [3.63, 3.8) is 0 Å². The van der Waals surface area contributed by atoms with Crippen LogP contribution in [0.5, 0.6) is 0 Å². The van der Waals surface area contributed by atoms with Gasteiger partial charge in [0.15, 0.2) is 11.6 Å². The molecule has 0 bridgehead atoms. The molecule has 0 atom stereocenters. The summed E-state index contributed by atoms with van der Waals surface area (Å²) in [5.41, 5.74) is 1.24. The Balaban J connectivity index is 2.63. The maximum atomic E-state index is 10.8. The molecule has 0 saturated carbocycles. The van der Waals surface area contributed by atoms with Crippen LogP contribution in [0.4, 0.5) is 5.69 Å². The Kier molecular flexibility index (Phi) is 3.78. The van der Waals surface area contributed by atoms with Crippen LogP contribution in [0.25, 0.3) is 11.4 Å². The van der Waals surface area contributed by atoms with E-state index in [0.29, 0.717) is 11.6 Å². The SMILES string of the molecule is Cc1cc([N+](=O)[O-])ccc1-c1nnc(CO)n1C(C)(C)C. The smallest absolute Gasteiger partial charge is 0.269 e. The maximum absolute atomic E-state index is 10.8. The predicted octanol–water partition coefficient (Wildman–Crippen LogP) is 2.41. The van der Waals surface area contributed by atoms with Gasteiger partial charge in [0.25, 0.3) is 5.69 Å². The Bertz CT molecular complexity index is 686. The van der Waals surface area contributed by atoms with Crippen LogP contribution in [-0.2, 0) is 12.1 Å². The second-order valence-corrected chi connectivity index (χ2v) is 5.86. The first-order valence-electron chi connectivity index (χ1n) is 6.56. The summed E-state index contributed by atoms with van der Waals surface area (Å²) in [6, 6.07) is 4.62. The molecule has 1 aromatic carbocycles. The molecule has 112 valence electrons. The lowest BCUT2D eigenvalue weighted by molar-refractivity contribution is -0.384. The van der Waals surface area contributed by atoms with Crippen molar-refractivity contribution in [3.8, 4) is 11.4 Å². The Morgan fingerprint density at radius 2 is 2.00 bits per heavy atom. The average Bonchev–Trinajstić information content (AvgIpc) is 2.82. The van der Waals surface area contributed by atoms with E-state index >= 15 is 0 Å². The number of hydrogen-bond donors (Lipinski definition) is 1. The van der Waals surface area contributed by atoms with E-state index in [2.05, 4.69) is 10.2 Å². The number of aryl methyl sites for hydroxylation is 1. The van der Waals surface area contributed by atoms with E-state index in [9.17, 15) is 15.2 Å². The monoisotopic (exact) mass is 290 g/mol. The highest BCUT2D eigenvalue weighted by Crippen LogP contribution is 2.30. The van der Waals surface area contributed by atoms with Crippen molar-refractivity contribution in [2.75, 3.05) is 0 Å². The van der Waals surface area contributed by atoms with Crippen molar-refractivity contribution in [2.45, 2.75) is 39.8 Å². The summed E-state index contributed by atoms with van der Waals surface area (Å²) in [4.78, 5) is 10.4. The Hall–Kier alpha value is -2.28. The second-order valence-electron chi connectivity index (χ2n) is 5.86. The van der Waals surface area contributed by atoms with Crippen molar-refractivity contribution in [3.05, 3.63) is 39.7 Å². The lowest BCUT2D eigenvalue weighted by atomic mass is 10.0. The highest BCUT2D eigenvalue weighted by molar-refractivity contribution is 5.63. The van der Waals surface area contributed by atoms with Crippen molar-refractivity contribution >= 4 is 5.69 Å². The van der Waals surface area contributed by atoms with Crippen LogP contribution in [0.15, 0.2) is 18.2 Å². The number of rotatable bonds is 3. The van der Waals surface area contributed by atoms with Crippen LogP contribution in [0.2, 0.25) is 0 Å². The minimum absolute atomic E-state index is 0.0421. The number of nitro benzene ring substituents is 1. The molecule has 2 rings (SSSR count). The average molecular weight is 290 g/mol. The van der Waals surface area contributed by atoms with Gasteiger partial charge in [0.2, 0.25) is 0 Å². The van der Waals surface area contributed by atoms with E-state index < -0.39 is 4.92 Å². The van der Waals surface area contributed by atoms with Crippen LogP contribution in [-0.4, -0.2) is 24.8 Å². The first-order valence-corrected chi connectivity index (χ1v) is 6.56. The van der Waals surface area contributed by atoms with E-state index in [-0.39, 0.29) is 17.8 Å². The highest BCUT2D eigenvalue weighted by atomic mass is 16.6. The van der Waals surface area contributed by atoms with Crippen LogP contribution < -0.4 is 0 Å². The lowest BCUT2D eigenvalue weighted by Gasteiger charge is -2.25. The van der Waals surface area contributed by atoms with Gasteiger partial charge in [-0.05, 0) is 39.3 Å². The molecule has 7 heteroatoms. The normalized spacial score (nSPS) is 11.7. The van der Waals surface area contributed by atoms with Crippen LogP contribution in [0.3, 0.4) is 0 Å². The molecule has 0 amide bonds. The first kappa shape index (κ1) is 15.1. The van der Waals surface area contributed by atoms with Gasteiger partial charge in [-0.2, -0.15) is 0 Å². The molecule has 1 aromatic heterocycles. The van der Waals surface area contributed by atoms with E-state index in [4.69, 9.17) is 0 Å². The largest absolute Gasteiger partial charge is 0.388 e. The third-order valence-electron chi connectivity index (χ3n) is 3.20. The molecule has 0 fully saturated rings. The summed E-state index contributed by atoms with van der Waals surface area (Å²) in [5.74, 6) is 1.06. The first-order chi connectivity index (χ1) is 9.75. The molecule has 0 unspecified atom stereocenters. The summed E-state index contributed by atoms with van der Waals surface area (Å²) in [6.07, 6.45) is 0. The molecule has 2 aromatic rings. The van der Waals surface area contributed by atoms with Crippen molar-refractivity contribution in [1.82, 2.24) is 14.8 Å². The number of aliphatic hydroxyl groups excluding tert-OH is 1. The molecule has 0 aliphatic carbocycles. The third kappa shape index (κ3) is 2.78. The summed E-state index contributed by atoms with van der Waals surface area (Å²) in [6.45, 7) is 7.54. The molecular formula is C14H18N4O3. The fraction of sp³-hybridized carbons (Fsp3) is 0.429. The van der Waals surface area contributed by atoms with Gasteiger partial charge in [-0.25, -0.2) is 0 Å². The van der Waals surface area contributed by atoms with Gasteiger partial charge in [0.05, 0.1) is 4.92 Å². The van der Waals surface area contributed by atoms with Gasteiger partial charge < -0.3 is 9.67 Å². The van der Waals surface area contributed by atoms with Gasteiger partial charge in [-0.3, -0.25) is 10.1 Å². The zero-order chi connectivity index (χ0) is 15.8. The summed E-state index contributed by atoms with van der Waals surface area (Å²) in [5, 5.41) is 28.4. The fourth-order valence-electron chi connectivity index (χ4n) is 2.31. The molecule has 1 heterocycles. The molecular weight excluding hydrogens is 272 g/mol. The van der Waals surface area contributed by atoms with E-state index in [1.165, 1.54) is 12.1 Å². The third-order valence-corrected chi connectivity index (χ3v) is 3.20. The quantitative estimate of drug-likeness (QED) is 0.692. The van der Waals surface area contributed by atoms with Crippen molar-refractivity contribution < 1.29 is 10.0 Å². The predicted molar refractivity (Wildman–Crippen MR) is 77.8 cm³/mol. The molecule has 21 heavy (non-hydrogen) atoms. The summed E-state index contributed by atoms with van der Waals surface area (Å²) >= 11 is 0. The zero-order valence-electron chi connectivity index (χ0n) is 12.5. The van der Waals surface area contributed by atoms with Crippen LogP contribution >= 0.6 is 0 Å². The second kappa shape index (κ2) is 5.25. The van der Waals surface area contributed by atoms with E-state index in [0.717, 1.165) is 11.1 Å². The van der Waals surface area contributed by atoms with Gasteiger partial charge in [-0.15, -0.1) is 10.2 Å². The van der Waals surface area contributed by atoms with Crippen molar-refractivity contribution in [2.24, 2.45) is 0 Å². The minimum Gasteiger partial charge on any atom is -0.388 e. The number of nitrogens with zero attached hydrogens (tertiary/aromatic N) is 4. The van der Waals surface area contributed by atoms with Crippen molar-refractivity contribution in [1.29, 1.82) is 0 Å². The molecule has 7 nitrogen and oxygen atoms in total. The number of benzene rings is 1. The number of nitro groups is 1. The number of non-ortho nitro benzene ring substituents is 1. The van der Waals surface area contributed by atoms with E-state index in [1.807, 2.05) is 25.3 Å². The Morgan fingerprint density at radius 3 is 2.48 bits per heavy atom. The van der Waals surface area contributed by atoms with Gasteiger partial charge in [0.1, 0.15) is 6.61 Å². The highest BCUT2D eigenvalue weighted by Gasteiger charge is 2.24. The summed E-state index contributed by atoms with van der Waals surface area (Å²) in [7, 11) is 0. The van der Waals surface area contributed by atoms with Gasteiger partial charge >= 0.3 is 0 Å². The maximum Gasteiger partial charge on any atom is 0.269 e. The number of aliphatic hydroxyl groups is 1. The van der Waals surface area contributed by atoms with Crippen LogP contribution in [0.1, 0.15) is 32.2 Å². The molecule has 0 saturated heterocycles. The standard InChI is InChI=1S/C14H18N4O3/c1-9-7-10(18(20)21)5-6-11(9)13-16-15-12(8-19)17(13)14(2,3)4/h5-7,19H,8H2,1-4H3. The van der Waals surface area contributed by atoms with Gasteiger partial charge in [-0.1, -0.05) is 0 Å². The molecule has 0 aliphatic heterocycles. The lowest BCUT2D eigenvalue weighted by Crippen LogP contribution is -2.25. The molecule has 0 spiro atoms. The number of hydrogen-bond acceptors (Lipinski definition) is 5. The molecule has 1 N–H and O–H groups in total. The molecule has 0 radical (unpaired) electrons. The van der Waals surface area contributed by atoms with E-state index in [1.54, 1.807) is 13.0 Å². The Morgan fingerprint density at radius 1 is 1.33 bits per heavy atom. The topological polar surface area (TPSA) is 94.1 Å². The van der Waals surface area contributed by atoms with Crippen LogP contribution in [0, 0.1) is 17.0 Å². The zero-order valence-corrected chi connectivity index (χ0v) is 12.5. The fourth-order valence-corrected chi connectivity index (χ4v) is 2.31. The Labute approximate surface area is 122 Å². The number of aromatic nitrogens is 3. The minimum atomic E-state index is -0.426. The van der Waals surface area contributed by atoms with Gasteiger partial charge in [0, 0.05) is 23.2 Å². The molecule has 0 aliphatic rings.